The van der Waals surface area contributed by atoms with E-state index < -0.39 is 10.0 Å². The van der Waals surface area contributed by atoms with Crippen molar-refractivity contribution in [2.75, 3.05) is 20.8 Å². The molecule has 0 saturated heterocycles. The minimum atomic E-state index is -3.77. The van der Waals surface area contributed by atoms with E-state index in [0.29, 0.717) is 30.2 Å². The van der Waals surface area contributed by atoms with Gasteiger partial charge >= 0.3 is 0 Å². The van der Waals surface area contributed by atoms with Crippen molar-refractivity contribution in [1.29, 1.82) is 0 Å². The van der Waals surface area contributed by atoms with E-state index >= 15 is 0 Å². The van der Waals surface area contributed by atoms with Gasteiger partial charge in [-0.15, -0.1) is 0 Å². The second-order valence-electron chi connectivity index (χ2n) is 6.41. The van der Waals surface area contributed by atoms with Gasteiger partial charge in [-0.1, -0.05) is 36.4 Å². The zero-order valence-corrected chi connectivity index (χ0v) is 17.3. The Kier molecular flexibility index (Phi) is 6.85. The largest absolute Gasteiger partial charge is 0.493 e. The Morgan fingerprint density at radius 2 is 1.62 bits per heavy atom. The van der Waals surface area contributed by atoms with Gasteiger partial charge in [0.25, 0.3) is 0 Å². The first-order chi connectivity index (χ1) is 14.0. The molecular weight excluding hydrogens is 388 g/mol. The predicted octanol–water partition coefficient (Wildman–Crippen LogP) is 3.53. The lowest BCUT2D eigenvalue weighted by Crippen LogP contribution is -2.33. The van der Waals surface area contributed by atoms with Gasteiger partial charge in [-0.2, -0.15) is 4.31 Å². The summed E-state index contributed by atoms with van der Waals surface area (Å²) in [6, 6.07) is 19.9. The van der Waals surface area contributed by atoms with Crippen LogP contribution >= 0.6 is 0 Å². The highest BCUT2D eigenvalue weighted by atomic mass is 32.2. The molecule has 0 aliphatic carbocycles. The molecule has 0 aliphatic heterocycles. The van der Waals surface area contributed by atoms with Crippen LogP contribution < -0.4 is 9.47 Å². The third-order valence-electron chi connectivity index (χ3n) is 4.55. The Balaban J connectivity index is 1.92. The maximum atomic E-state index is 13.4. The van der Waals surface area contributed by atoms with E-state index in [1.54, 1.807) is 18.3 Å². The Hall–Kier alpha value is -2.90. The quantitative estimate of drug-likeness (QED) is 0.538. The molecule has 0 spiro atoms. The Morgan fingerprint density at radius 1 is 0.897 bits per heavy atom. The molecule has 7 heteroatoms. The average Bonchev–Trinajstić information content (AvgIpc) is 2.77. The van der Waals surface area contributed by atoms with Gasteiger partial charge in [0, 0.05) is 18.8 Å². The lowest BCUT2D eigenvalue weighted by Gasteiger charge is -2.22. The first-order valence-electron chi connectivity index (χ1n) is 9.20. The summed E-state index contributed by atoms with van der Waals surface area (Å²) in [7, 11) is -0.775. The molecule has 3 rings (SSSR count). The van der Waals surface area contributed by atoms with Crippen molar-refractivity contribution < 1.29 is 17.9 Å². The molecule has 0 fully saturated rings. The summed E-state index contributed by atoms with van der Waals surface area (Å²) in [6.45, 7) is 0.515. The first-order valence-corrected chi connectivity index (χ1v) is 10.6. The first kappa shape index (κ1) is 20.8. The Labute approximate surface area is 171 Å². The summed E-state index contributed by atoms with van der Waals surface area (Å²) in [5.74, 6) is 0.849. The Morgan fingerprint density at radius 3 is 2.28 bits per heavy atom. The molecule has 29 heavy (non-hydrogen) atoms. The molecule has 0 saturated carbocycles. The molecule has 0 aliphatic rings. The second-order valence-corrected chi connectivity index (χ2v) is 8.35. The molecule has 0 bridgehead atoms. The lowest BCUT2D eigenvalue weighted by atomic mass is 10.1. The van der Waals surface area contributed by atoms with Crippen LogP contribution in [0.4, 0.5) is 0 Å². The number of aromatic nitrogens is 1. The topological polar surface area (TPSA) is 68.7 Å². The summed E-state index contributed by atoms with van der Waals surface area (Å²) in [6.07, 6.45) is 2.26. The lowest BCUT2D eigenvalue weighted by molar-refractivity contribution is 0.353. The fraction of sp³-hybridized carbons (Fsp3) is 0.227. The van der Waals surface area contributed by atoms with Gasteiger partial charge in [-0.3, -0.25) is 4.98 Å². The van der Waals surface area contributed by atoms with Crippen molar-refractivity contribution in [3.63, 3.8) is 0 Å². The number of pyridine rings is 1. The zero-order valence-electron chi connectivity index (χ0n) is 16.5. The predicted molar refractivity (Wildman–Crippen MR) is 112 cm³/mol. The number of benzene rings is 2. The third kappa shape index (κ3) is 5.13. The summed E-state index contributed by atoms with van der Waals surface area (Å²) >= 11 is 0. The molecule has 0 amide bonds. The molecule has 1 aromatic heterocycles. The number of hydrogen-bond acceptors (Lipinski definition) is 5. The fourth-order valence-corrected chi connectivity index (χ4v) is 4.41. The van der Waals surface area contributed by atoms with E-state index in [1.807, 2.05) is 42.5 Å². The van der Waals surface area contributed by atoms with Crippen LogP contribution in [0.2, 0.25) is 0 Å². The third-order valence-corrected chi connectivity index (χ3v) is 6.39. The minimum absolute atomic E-state index is 0.152. The maximum absolute atomic E-state index is 13.4. The highest BCUT2D eigenvalue weighted by molar-refractivity contribution is 7.89. The number of rotatable bonds is 9. The van der Waals surface area contributed by atoms with Crippen LogP contribution in [0.15, 0.2) is 77.8 Å². The van der Waals surface area contributed by atoms with Crippen LogP contribution in [0.1, 0.15) is 11.3 Å². The van der Waals surface area contributed by atoms with E-state index in [-0.39, 0.29) is 11.4 Å². The van der Waals surface area contributed by atoms with E-state index in [9.17, 15) is 8.42 Å². The number of sulfonamides is 1. The fourth-order valence-electron chi connectivity index (χ4n) is 2.98. The molecule has 3 aromatic rings. The number of hydrogen-bond donors (Lipinski definition) is 0. The molecule has 6 nitrogen and oxygen atoms in total. The van der Waals surface area contributed by atoms with Crippen LogP contribution in [-0.2, 0) is 23.0 Å². The van der Waals surface area contributed by atoms with Crippen LogP contribution in [0.5, 0.6) is 11.5 Å². The molecule has 0 N–H and O–H groups in total. The minimum Gasteiger partial charge on any atom is -0.493 e. The summed E-state index contributed by atoms with van der Waals surface area (Å²) < 4.78 is 38.8. The van der Waals surface area contributed by atoms with Gasteiger partial charge in [-0.25, -0.2) is 8.42 Å². The smallest absolute Gasteiger partial charge is 0.243 e. The van der Waals surface area contributed by atoms with Gasteiger partial charge in [0.1, 0.15) is 0 Å². The monoisotopic (exact) mass is 412 g/mol. The van der Waals surface area contributed by atoms with E-state index in [0.717, 1.165) is 5.56 Å². The molecule has 1 heterocycles. The van der Waals surface area contributed by atoms with Crippen LogP contribution in [0.3, 0.4) is 0 Å². The van der Waals surface area contributed by atoms with Crippen molar-refractivity contribution in [1.82, 2.24) is 9.29 Å². The molecule has 152 valence electrons. The van der Waals surface area contributed by atoms with Gasteiger partial charge < -0.3 is 9.47 Å². The SMILES string of the molecule is COc1ccc(S(=O)(=O)N(CCc2ccccc2)Cc2ccccn2)cc1OC. The summed E-state index contributed by atoms with van der Waals surface area (Å²) in [5, 5.41) is 0. The van der Waals surface area contributed by atoms with Gasteiger partial charge in [-0.05, 0) is 36.2 Å². The van der Waals surface area contributed by atoms with Crippen molar-refractivity contribution in [2.24, 2.45) is 0 Å². The molecule has 0 radical (unpaired) electrons. The number of methoxy groups -OCH3 is 2. The zero-order chi connectivity index (χ0) is 20.7. The van der Waals surface area contributed by atoms with Gasteiger partial charge in [0.15, 0.2) is 11.5 Å². The van der Waals surface area contributed by atoms with Crippen molar-refractivity contribution in [3.8, 4) is 11.5 Å². The normalized spacial score (nSPS) is 11.4. The van der Waals surface area contributed by atoms with Crippen molar-refractivity contribution in [2.45, 2.75) is 17.9 Å². The molecule has 0 unspecified atom stereocenters. The number of nitrogens with zero attached hydrogens (tertiary/aromatic N) is 2. The van der Waals surface area contributed by atoms with Crippen molar-refractivity contribution in [3.05, 3.63) is 84.2 Å². The number of ether oxygens (including phenoxy) is 2. The van der Waals surface area contributed by atoms with Crippen LogP contribution in [0.25, 0.3) is 0 Å². The summed E-state index contributed by atoms with van der Waals surface area (Å²) in [4.78, 5) is 4.44. The molecule has 2 aromatic carbocycles. The molecule has 0 atom stereocenters. The maximum Gasteiger partial charge on any atom is 0.243 e. The van der Waals surface area contributed by atoms with E-state index in [2.05, 4.69) is 4.98 Å². The highest BCUT2D eigenvalue weighted by Crippen LogP contribution is 2.31. The van der Waals surface area contributed by atoms with Crippen molar-refractivity contribution >= 4 is 10.0 Å². The highest BCUT2D eigenvalue weighted by Gasteiger charge is 2.26. The Bertz CT molecular complexity index is 1030. The average molecular weight is 413 g/mol. The van der Waals surface area contributed by atoms with Crippen LogP contribution in [0, 0.1) is 0 Å². The standard InChI is InChI=1S/C22H24N2O4S/c1-27-21-12-11-20(16-22(21)28-2)29(25,26)24(17-19-10-6-7-14-23-19)15-13-18-8-4-3-5-9-18/h3-12,14,16H,13,15,17H2,1-2H3. The summed E-state index contributed by atoms with van der Waals surface area (Å²) in [5.41, 5.74) is 1.76. The van der Waals surface area contributed by atoms with E-state index in [1.165, 1.54) is 30.7 Å². The van der Waals surface area contributed by atoms with E-state index in [4.69, 9.17) is 9.47 Å². The molecular formula is C22H24N2O4S. The van der Waals surface area contributed by atoms with Gasteiger partial charge in [0.05, 0.1) is 31.4 Å². The second kappa shape index (κ2) is 9.54. The van der Waals surface area contributed by atoms with Crippen LogP contribution in [-0.4, -0.2) is 38.5 Å². The van der Waals surface area contributed by atoms with Gasteiger partial charge in [0.2, 0.25) is 10.0 Å².